The molecule has 0 radical (unpaired) electrons. The number of hydrogen-bond donors (Lipinski definition) is 1. The van der Waals surface area contributed by atoms with E-state index in [2.05, 4.69) is 0 Å². The maximum Gasteiger partial charge on any atom is 0.311 e. The van der Waals surface area contributed by atoms with Crippen LogP contribution in [-0.4, -0.2) is 32.4 Å². The van der Waals surface area contributed by atoms with E-state index in [1.165, 1.54) is 0 Å². The monoisotopic (exact) mass is 344 g/mol. The zero-order valence-electron chi connectivity index (χ0n) is 15.3. The second-order valence-corrected chi connectivity index (χ2v) is 5.97. The zero-order valence-corrected chi connectivity index (χ0v) is 15.3. The Hall–Kier alpha value is -2.69. The summed E-state index contributed by atoms with van der Waals surface area (Å²) in [6.07, 6.45) is 0.294. The fourth-order valence-corrected chi connectivity index (χ4v) is 3.02. The van der Waals surface area contributed by atoms with E-state index in [0.717, 1.165) is 22.3 Å². The number of ether oxygens (including phenoxy) is 3. The van der Waals surface area contributed by atoms with Gasteiger partial charge in [0.1, 0.15) is 5.75 Å². The second kappa shape index (κ2) is 7.92. The Kier molecular flexibility index (Phi) is 5.91. The average molecular weight is 344 g/mol. The molecule has 0 amide bonds. The normalized spacial score (nSPS) is 11.7. The maximum absolute atomic E-state index is 11.9. The summed E-state index contributed by atoms with van der Waals surface area (Å²) in [7, 11) is 4.65. The molecule has 2 aromatic rings. The summed E-state index contributed by atoms with van der Waals surface area (Å²) in [4.78, 5) is 11.9. The van der Waals surface area contributed by atoms with Crippen LogP contribution >= 0.6 is 0 Å². The van der Waals surface area contributed by atoms with Gasteiger partial charge in [0, 0.05) is 6.07 Å². The van der Waals surface area contributed by atoms with E-state index in [1.807, 2.05) is 32.0 Å². The Morgan fingerprint density at radius 1 is 0.960 bits per heavy atom. The second-order valence-electron chi connectivity index (χ2n) is 5.97. The summed E-state index contributed by atoms with van der Waals surface area (Å²) in [6.45, 7) is 3.92. The van der Waals surface area contributed by atoms with E-state index in [4.69, 9.17) is 14.2 Å². The molecule has 0 aliphatic heterocycles. The molecule has 134 valence electrons. The van der Waals surface area contributed by atoms with Crippen LogP contribution in [0.25, 0.3) is 0 Å². The summed E-state index contributed by atoms with van der Waals surface area (Å²) in [5, 5.41) is 9.78. The van der Waals surface area contributed by atoms with E-state index in [1.54, 1.807) is 33.5 Å². The molecular formula is C20H24O5. The summed E-state index contributed by atoms with van der Waals surface area (Å²) < 4.78 is 16.0. The van der Waals surface area contributed by atoms with Crippen LogP contribution in [0.4, 0.5) is 0 Å². The van der Waals surface area contributed by atoms with Crippen molar-refractivity contribution in [3.05, 3.63) is 52.6 Å². The molecule has 0 saturated heterocycles. The number of aliphatic carboxylic acids is 1. The van der Waals surface area contributed by atoms with Crippen molar-refractivity contribution in [2.45, 2.75) is 26.2 Å². The number of hydrogen-bond acceptors (Lipinski definition) is 4. The fourth-order valence-electron chi connectivity index (χ4n) is 3.02. The number of rotatable bonds is 7. The first kappa shape index (κ1) is 18.6. The Labute approximate surface area is 148 Å². The van der Waals surface area contributed by atoms with Gasteiger partial charge >= 0.3 is 5.97 Å². The Bertz CT molecular complexity index is 767. The van der Waals surface area contributed by atoms with Crippen molar-refractivity contribution in [2.24, 2.45) is 0 Å². The smallest absolute Gasteiger partial charge is 0.311 e. The van der Waals surface area contributed by atoms with Gasteiger partial charge in [0.05, 0.1) is 27.2 Å². The van der Waals surface area contributed by atoms with Crippen LogP contribution in [0.2, 0.25) is 0 Å². The minimum Gasteiger partial charge on any atom is -0.496 e. The average Bonchev–Trinajstić information content (AvgIpc) is 2.59. The van der Waals surface area contributed by atoms with Crippen LogP contribution in [0.15, 0.2) is 30.3 Å². The lowest BCUT2D eigenvalue weighted by atomic mass is 9.88. The molecule has 1 unspecified atom stereocenters. The van der Waals surface area contributed by atoms with Crippen molar-refractivity contribution >= 4 is 5.97 Å². The molecule has 0 saturated carbocycles. The fraction of sp³-hybridized carbons (Fsp3) is 0.350. The molecule has 2 aromatic carbocycles. The van der Waals surface area contributed by atoms with Crippen LogP contribution < -0.4 is 14.2 Å². The Morgan fingerprint density at radius 3 is 2.08 bits per heavy atom. The van der Waals surface area contributed by atoms with E-state index in [9.17, 15) is 9.90 Å². The van der Waals surface area contributed by atoms with Gasteiger partial charge in [0.15, 0.2) is 11.5 Å². The van der Waals surface area contributed by atoms with Crippen LogP contribution in [0, 0.1) is 13.8 Å². The van der Waals surface area contributed by atoms with Gasteiger partial charge in [0.25, 0.3) is 0 Å². The summed E-state index contributed by atoms with van der Waals surface area (Å²) in [6, 6.07) is 9.31. The highest BCUT2D eigenvalue weighted by Gasteiger charge is 2.25. The third-order valence-corrected chi connectivity index (χ3v) is 4.31. The third kappa shape index (κ3) is 4.05. The molecule has 0 spiro atoms. The molecule has 1 atom stereocenters. The molecule has 5 heteroatoms. The highest BCUT2D eigenvalue weighted by Crippen LogP contribution is 2.37. The van der Waals surface area contributed by atoms with E-state index >= 15 is 0 Å². The zero-order chi connectivity index (χ0) is 18.6. The molecule has 25 heavy (non-hydrogen) atoms. The predicted octanol–water partition coefficient (Wildman–Crippen LogP) is 3.74. The van der Waals surface area contributed by atoms with Gasteiger partial charge < -0.3 is 19.3 Å². The third-order valence-electron chi connectivity index (χ3n) is 4.31. The lowest BCUT2D eigenvalue weighted by Crippen LogP contribution is -2.16. The van der Waals surface area contributed by atoms with Gasteiger partial charge in [-0.3, -0.25) is 4.79 Å². The summed E-state index contributed by atoms with van der Waals surface area (Å²) in [5.74, 6) is 0.120. The van der Waals surface area contributed by atoms with Crippen molar-refractivity contribution in [1.29, 1.82) is 0 Å². The van der Waals surface area contributed by atoms with Crippen molar-refractivity contribution in [3.8, 4) is 17.2 Å². The lowest BCUT2D eigenvalue weighted by molar-refractivity contribution is -0.138. The molecule has 1 N–H and O–H groups in total. The van der Waals surface area contributed by atoms with Gasteiger partial charge in [-0.15, -0.1) is 0 Å². The number of carboxylic acids is 1. The highest BCUT2D eigenvalue weighted by molar-refractivity contribution is 5.77. The predicted molar refractivity (Wildman–Crippen MR) is 96.1 cm³/mol. The first-order chi connectivity index (χ1) is 11.9. The van der Waals surface area contributed by atoms with Crippen LogP contribution in [-0.2, 0) is 11.2 Å². The van der Waals surface area contributed by atoms with E-state index < -0.39 is 11.9 Å². The van der Waals surface area contributed by atoms with Crippen LogP contribution in [0.1, 0.15) is 28.2 Å². The topological polar surface area (TPSA) is 65.0 Å². The number of carbonyl (C=O) groups is 1. The van der Waals surface area contributed by atoms with Crippen molar-refractivity contribution in [3.63, 3.8) is 0 Å². The molecule has 0 aliphatic rings. The van der Waals surface area contributed by atoms with Crippen molar-refractivity contribution in [2.75, 3.05) is 21.3 Å². The molecule has 0 heterocycles. The van der Waals surface area contributed by atoms with Gasteiger partial charge in [0.2, 0.25) is 0 Å². The van der Waals surface area contributed by atoms with E-state index in [-0.39, 0.29) is 0 Å². The van der Waals surface area contributed by atoms with Crippen LogP contribution in [0.3, 0.4) is 0 Å². The van der Waals surface area contributed by atoms with Crippen molar-refractivity contribution < 1.29 is 24.1 Å². The molecule has 0 bridgehead atoms. The Morgan fingerprint density at radius 2 is 1.56 bits per heavy atom. The van der Waals surface area contributed by atoms with Crippen LogP contribution in [0.5, 0.6) is 17.2 Å². The standard InChI is InChI=1S/C20H24O5/c1-12-6-7-15(13(2)8-12)16(20(21)22)9-14-10-18(24-4)19(25-5)11-17(14)23-3/h6-8,10-11,16H,9H2,1-5H3,(H,21,22). The summed E-state index contributed by atoms with van der Waals surface area (Å²) >= 11 is 0. The molecule has 5 nitrogen and oxygen atoms in total. The largest absolute Gasteiger partial charge is 0.496 e. The molecule has 0 fully saturated rings. The highest BCUT2D eigenvalue weighted by atomic mass is 16.5. The van der Waals surface area contributed by atoms with Gasteiger partial charge in [-0.1, -0.05) is 23.8 Å². The SMILES string of the molecule is COc1cc(OC)c(OC)cc1CC(C(=O)O)c1ccc(C)cc1C. The molecular weight excluding hydrogens is 320 g/mol. The first-order valence-corrected chi connectivity index (χ1v) is 8.00. The Balaban J connectivity index is 2.48. The van der Waals surface area contributed by atoms with Gasteiger partial charge in [-0.05, 0) is 43.0 Å². The molecule has 0 aromatic heterocycles. The maximum atomic E-state index is 11.9. The lowest BCUT2D eigenvalue weighted by Gasteiger charge is -2.19. The minimum absolute atomic E-state index is 0.294. The molecule has 2 rings (SSSR count). The molecule has 0 aliphatic carbocycles. The van der Waals surface area contributed by atoms with Gasteiger partial charge in [-0.25, -0.2) is 0 Å². The minimum atomic E-state index is -0.871. The number of carboxylic acid groups (broad SMARTS) is 1. The summed E-state index contributed by atoms with van der Waals surface area (Å²) in [5.41, 5.74) is 3.63. The quantitative estimate of drug-likeness (QED) is 0.829. The number of benzene rings is 2. The first-order valence-electron chi connectivity index (χ1n) is 8.00. The van der Waals surface area contributed by atoms with Crippen molar-refractivity contribution in [1.82, 2.24) is 0 Å². The van der Waals surface area contributed by atoms with E-state index in [0.29, 0.717) is 23.7 Å². The number of aryl methyl sites for hydroxylation is 2. The van der Waals surface area contributed by atoms with Gasteiger partial charge in [-0.2, -0.15) is 0 Å². The number of methoxy groups -OCH3 is 3.